The van der Waals surface area contributed by atoms with Gasteiger partial charge in [0.2, 0.25) is 5.91 Å². The standard InChI is InChI=1S/C12H17NO3/c14-10(15)8-12(6-7-12)13-11(16)9-4-2-1-3-5-9/h1-2,9H,3-8H2,(H,13,16)(H,14,15). The fourth-order valence-corrected chi connectivity index (χ4v) is 2.18. The third-order valence-corrected chi connectivity index (χ3v) is 3.37. The van der Waals surface area contributed by atoms with Gasteiger partial charge < -0.3 is 10.4 Å². The minimum Gasteiger partial charge on any atom is -0.481 e. The highest BCUT2D eigenvalue weighted by atomic mass is 16.4. The first-order valence-electron chi connectivity index (χ1n) is 5.80. The number of carbonyl (C=O) groups excluding carboxylic acids is 1. The van der Waals surface area contributed by atoms with Crippen LogP contribution in [0, 0.1) is 5.92 Å². The van der Waals surface area contributed by atoms with E-state index in [1.165, 1.54) is 0 Å². The number of hydrogen-bond acceptors (Lipinski definition) is 2. The Hall–Kier alpha value is -1.32. The van der Waals surface area contributed by atoms with Crippen molar-refractivity contribution in [1.82, 2.24) is 5.32 Å². The van der Waals surface area contributed by atoms with Gasteiger partial charge >= 0.3 is 5.97 Å². The molecule has 0 spiro atoms. The van der Waals surface area contributed by atoms with Crippen molar-refractivity contribution in [2.75, 3.05) is 0 Å². The minimum absolute atomic E-state index is 0.0306. The number of carboxylic acids is 1. The average Bonchev–Trinajstić information content (AvgIpc) is 2.98. The van der Waals surface area contributed by atoms with Crippen LogP contribution in [0.2, 0.25) is 0 Å². The lowest BCUT2D eigenvalue weighted by Gasteiger charge is -2.21. The van der Waals surface area contributed by atoms with Crippen molar-refractivity contribution in [2.24, 2.45) is 5.92 Å². The zero-order chi connectivity index (χ0) is 11.6. The first-order chi connectivity index (χ1) is 7.61. The van der Waals surface area contributed by atoms with Crippen LogP contribution in [0.5, 0.6) is 0 Å². The van der Waals surface area contributed by atoms with Crippen LogP contribution in [0.4, 0.5) is 0 Å². The molecule has 2 aliphatic carbocycles. The molecule has 0 radical (unpaired) electrons. The normalized spacial score (nSPS) is 26.1. The minimum atomic E-state index is -0.832. The van der Waals surface area contributed by atoms with Crippen molar-refractivity contribution >= 4 is 11.9 Å². The van der Waals surface area contributed by atoms with Crippen LogP contribution in [-0.4, -0.2) is 22.5 Å². The summed E-state index contributed by atoms with van der Waals surface area (Å²) in [4.78, 5) is 22.5. The summed E-state index contributed by atoms with van der Waals surface area (Å²) < 4.78 is 0. The van der Waals surface area contributed by atoms with Crippen molar-refractivity contribution < 1.29 is 14.7 Å². The molecule has 4 nitrogen and oxygen atoms in total. The molecule has 0 aromatic heterocycles. The van der Waals surface area contributed by atoms with Crippen LogP contribution < -0.4 is 5.32 Å². The van der Waals surface area contributed by atoms with Crippen LogP contribution in [0.25, 0.3) is 0 Å². The molecule has 2 N–H and O–H groups in total. The first kappa shape index (κ1) is 11.2. The number of hydrogen-bond donors (Lipinski definition) is 2. The van der Waals surface area contributed by atoms with E-state index in [1.807, 2.05) is 6.08 Å². The molecule has 1 unspecified atom stereocenters. The molecule has 2 rings (SSSR count). The van der Waals surface area contributed by atoms with Gasteiger partial charge in [0.15, 0.2) is 0 Å². The zero-order valence-corrected chi connectivity index (χ0v) is 9.24. The molecule has 0 bridgehead atoms. The van der Waals surface area contributed by atoms with Crippen LogP contribution >= 0.6 is 0 Å². The number of aliphatic carboxylic acids is 1. The smallest absolute Gasteiger partial charge is 0.305 e. The Morgan fingerprint density at radius 1 is 1.38 bits per heavy atom. The van der Waals surface area contributed by atoms with E-state index in [1.54, 1.807) is 0 Å². The van der Waals surface area contributed by atoms with E-state index in [-0.39, 0.29) is 18.2 Å². The van der Waals surface area contributed by atoms with Gasteiger partial charge in [-0.1, -0.05) is 12.2 Å². The molecule has 1 atom stereocenters. The quantitative estimate of drug-likeness (QED) is 0.709. The van der Waals surface area contributed by atoms with Crippen LogP contribution in [0.1, 0.15) is 38.5 Å². The molecule has 88 valence electrons. The third kappa shape index (κ3) is 2.62. The van der Waals surface area contributed by atoms with Crippen LogP contribution in [0.3, 0.4) is 0 Å². The molecule has 4 heteroatoms. The number of rotatable bonds is 4. The maximum absolute atomic E-state index is 11.9. The summed E-state index contributed by atoms with van der Waals surface area (Å²) in [6.45, 7) is 0. The maximum Gasteiger partial charge on any atom is 0.305 e. The maximum atomic E-state index is 11.9. The Balaban J connectivity index is 1.87. The van der Waals surface area contributed by atoms with Gasteiger partial charge in [-0.3, -0.25) is 9.59 Å². The van der Waals surface area contributed by atoms with E-state index in [0.29, 0.717) is 0 Å². The Kier molecular flexibility index (Phi) is 2.99. The predicted octanol–water partition coefficient (Wildman–Crippen LogP) is 1.47. The lowest BCUT2D eigenvalue weighted by molar-refractivity contribution is -0.138. The second kappa shape index (κ2) is 4.28. The Morgan fingerprint density at radius 2 is 2.12 bits per heavy atom. The van der Waals surface area contributed by atoms with Gasteiger partial charge in [0.25, 0.3) is 0 Å². The lowest BCUT2D eigenvalue weighted by atomic mass is 9.93. The van der Waals surface area contributed by atoms with Gasteiger partial charge in [-0.15, -0.1) is 0 Å². The predicted molar refractivity (Wildman–Crippen MR) is 58.8 cm³/mol. The van der Waals surface area contributed by atoms with Crippen LogP contribution in [-0.2, 0) is 9.59 Å². The number of nitrogens with one attached hydrogen (secondary N) is 1. The lowest BCUT2D eigenvalue weighted by Crippen LogP contribution is -2.42. The van der Waals surface area contributed by atoms with E-state index in [0.717, 1.165) is 32.1 Å². The van der Waals surface area contributed by atoms with E-state index in [2.05, 4.69) is 11.4 Å². The molecule has 0 aliphatic heterocycles. The molecule has 0 heterocycles. The van der Waals surface area contributed by atoms with Gasteiger partial charge in [-0.25, -0.2) is 0 Å². The highest BCUT2D eigenvalue weighted by Gasteiger charge is 2.46. The first-order valence-corrected chi connectivity index (χ1v) is 5.80. The Bertz CT molecular complexity index is 331. The van der Waals surface area contributed by atoms with Crippen molar-refractivity contribution in [3.63, 3.8) is 0 Å². The van der Waals surface area contributed by atoms with Crippen molar-refractivity contribution in [1.29, 1.82) is 0 Å². The summed E-state index contributed by atoms with van der Waals surface area (Å²) in [5, 5.41) is 11.7. The van der Waals surface area contributed by atoms with Gasteiger partial charge in [0, 0.05) is 5.92 Å². The van der Waals surface area contributed by atoms with Gasteiger partial charge in [-0.05, 0) is 32.1 Å². The molecule has 0 saturated heterocycles. The van der Waals surface area contributed by atoms with Crippen molar-refractivity contribution in [3.8, 4) is 0 Å². The van der Waals surface area contributed by atoms with Gasteiger partial charge in [0.05, 0.1) is 12.0 Å². The van der Waals surface area contributed by atoms with E-state index in [4.69, 9.17) is 5.11 Å². The van der Waals surface area contributed by atoms with Crippen molar-refractivity contribution in [3.05, 3.63) is 12.2 Å². The summed E-state index contributed by atoms with van der Waals surface area (Å²) in [5.74, 6) is -0.763. The highest BCUT2D eigenvalue weighted by Crippen LogP contribution is 2.39. The van der Waals surface area contributed by atoms with E-state index < -0.39 is 11.5 Å². The second-order valence-electron chi connectivity index (χ2n) is 4.82. The van der Waals surface area contributed by atoms with E-state index in [9.17, 15) is 9.59 Å². The van der Waals surface area contributed by atoms with Gasteiger partial charge in [0.1, 0.15) is 0 Å². The summed E-state index contributed by atoms with van der Waals surface area (Å²) in [5.41, 5.74) is -0.427. The number of amides is 1. The molecular weight excluding hydrogens is 206 g/mol. The number of allylic oxidation sites excluding steroid dienone is 2. The monoisotopic (exact) mass is 223 g/mol. The average molecular weight is 223 g/mol. The number of carboxylic acid groups (broad SMARTS) is 1. The Labute approximate surface area is 94.7 Å². The molecule has 1 fully saturated rings. The SMILES string of the molecule is O=C(O)CC1(NC(=O)C2CC=CCC2)CC1. The van der Waals surface area contributed by atoms with E-state index >= 15 is 0 Å². The van der Waals surface area contributed by atoms with Gasteiger partial charge in [-0.2, -0.15) is 0 Å². The summed E-state index contributed by atoms with van der Waals surface area (Å²) >= 11 is 0. The molecule has 2 aliphatic rings. The molecule has 1 amide bonds. The fraction of sp³-hybridized carbons (Fsp3) is 0.667. The topological polar surface area (TPSA) is 66.4 Å². The molecule has 0 aromatic carbocycles. The highest BCUT2D eigenvalue weighted by molar-refractivity contribution is 5.81. The number of carbonyl (C=O) groups is 2. The molecule has 0 aromatic rings. The third-order valence-electron chi connectivity index (χ3n) is 3.37. The summed E-state index contributed by atoms with van der Waals surface area (Å²) in [7, 11) is 0. The fourth-order valence-electron chi connectivity index (χ4n) is 2.18. The molecule has 1 saturated carbocycles. The summed E-state index contributed by atoms with van der Waals surface area (Å²) in [6.07, 6.45) is 8.39. The molecular formula is C12H17NO3. The largest absolute Gasteiger partial charge is 0.481 e. The molecule has 16 heavy (non-hydrogen) atoms. The second-order valence-corrected chi connectivity index (χ2v) is 4.82. The zero-order valence-electron chi connectivity index (χ0n) is 9.24. The Morgan fingerprint density at radius 3 is 2.62 bits per heavy atom. The summed E-state index contributed by atoms with van der Waals surface area (Å²) in [6, 6.07) is 0. The van der Waals surface area contributed by atoms with Crippen LogP contribution in [0.15, 0.2) is 12.2 Å². The van der Waals surface area contributed by atoms with Crippen molar-refractivity contribution in [2.45, 2.75) is 44.1 Å².